The van der Waals surface area contributed by atoms with E-state index in [1.54, 1.807) is 6.92 Å². The van der Waals surface area contributed by atoms with Crippen LogP contribution in [0.4, 0.5) is 0 Å². The first-order valence-corrected chi connectivity index (χ1v) is 5.78. The zero-order valence-electron chi connectivity index (χ0n) is 10.1. The van der Waals surface area contributed by atoms with Gasteiger partial charge < -0.3 is 14.8 Å². The highest BCUT2D eigenvalue weighted by Crippen LogP contribution is 2.08. The maximum absolute atomic E-state index is 11.8. The van der Waals surface area contributed by atoms with E-state index in [9.17, 15) is 9.59 Å². The number of ether oxygens (including phenoxy) is 2. The highest BCUT2D eigenvalue weighted by Gasteiger charge is 2.33. The first kappa shape index (κ1) is 12.6. The third kappa shape index (κ3) is 3.07. The molecule has 0 saturated carbocycles. The number of rotatable bonds is 3. The monoisotopic (exact) mass is 249 g/mol. The number of esters is 1. The molecule has 2 rings (SSSR count). The van der Waals surface area contributed by atoms with E-state index in [2.05, 4.69) is 5.32 Å². The zero-order valence-corrected chi connectivity index (χ0v) is 10.1. The zero-order chi connectivity index (χ0) is 13.0. The van der Waals surface area contributed by atoms with Gasteiger partial charge in [-0.15, -0.1) is 0 Å². The smallest absolute Gasteiger partial charge is 0.331 e. The predicted octanol–water partition coefficient (Wildman–Crippen LogP) is 0.633. The lowest BCUT2D eigenvalue weighted by Gasteiger charge is -2.28. The number of amides is 1. The Morgan fingerprint density at radius 3 is 2.89 bits per heavy atom. The van der Waals surface area contributed by atoms with Gasteiger partial charge in [-0.3, -0.25) is 4.79 Å². The molecule has 0 radical (unpaired) electrons. The summed E-state index contributed by atoms with van der Waals surface area (Å²) >= 11 is 0. The van der Waals surface area contributed by atoms with Gasteiger partial charge in [-0.1, -0.05) is 30.3 Å². The lowest BCUT2D eigenvalue weighted by atomic mass is 10.1. The normalized spacial score (nSPS) is 23.3. The topological polar surface area (TPSA) is 64.6 Å². The molecule has 5 heteroatoms. The minimum atomic E-state index is -0.727. The standard InChI is InChI=1S/C13H15NO4/c1-9-12(14-11(15)8-17-9)13(16)18-7-10-5-3-2-4-6-10/h2-6,9,12H,7-8H2,1H3,(H,14,15)/t9-,12+/m1/s1. The third-order valence-electron chi connectivity index (χ3n) is 2.74. The summed E-state index contributed by atoms with van der Waals surface area (Å²) in [6.45, 7) is 1.91. The molecule has 1 N–H and O–H groups in total. The third-order valence-corrected chi connectivity index (χ3v) is 2.74. The number of carbonyl (C=O) groups excluding carboxylic acids is 2. The van der Waals surface area contributed by atoms with Crippen molar-refractivity contribution in [1.82, 2.24) is 5.32 Å². The molecule has 2 atom stereocenters. The first-order chi connectivity index (χ1) is 8.66. The molecule has 0 bridgehead atoms. The van der Waals surface area contributed by atoms with Crippen LogP contribution in [0, 0.1) is 0 Å². The lowest BCUT2D eigenvalue weighted by Crippen LogP contribution is -2.55. The molecule has 1 aromatic rings. The van der Waals surface area contributed by atoms with Gasteiger partial charge in [0.05, 0.1) is 6.10 Å². The van der Waals surface area contributed by atoms with Gasteiger partial charge in [0.25, 0.3) is 0 Å². The van der Waals surface area contributed by atoms with Crippen LogP contribution in [-0.4, -0.2) is 30.6 Å². The van der Waals surface area contributed by atoms with Gasteiger partial charge in [-0.05, 0) is 12.5 Å². The fourth-order valence-corrected chi connectivity index (χ4v) is 1.70. The average molecular weight is 249 g/mol. The van der Waals surface area contributed by atoms with Gasteiger partial charge in [0.1, 0.15) is 13.2 Å². The first-order valence-electron chi connectivity index (χ1n) is 5.78. The summed E-state index contributed by atoms with van der Waals surface area (Å²) in [6, 6.07) is 8.64. The Kier molecular flexibility index (Phi) is 3.94. The highest BCUT2D eigenvalue weighted by molar-refractivity contribution is 5.86. The van der Waals surface area contributed by atoms with E-state index in [0.29, 0.717) is 0 Å². The van der Waals surface area contributed by atoms with Crippen LogP contribution in [0.2, 0.25) is 0 Å². The molecule has 0 aliphatic carbocycles. The van der Waals surface area contributed by atoms with Crippen LogP contribution in [0.1, 0.15) is 12.5 Å². The Morgan fingerprint density at radius 2 is 2.17 bits per heavy atom. The van der Waals surface area contributed by atoms with Crippen molar-refractivity contribution >= 4 is 11.9 Å². The van der Waals surface area contributed by atoms with E-state index in [-0.39, 0.29) is 25.2 Å². The number of carbonyl (C=O) groups is 2. The Balaban J connectivity index is 1.89. The Bertz CT molecular complexity index is 432. The molecule has 5 nitrogen and oxygen atoms in total. The van der Waals surface area contributed by atoms with E-state index in [0.717, 1.165) is 5.56 Å². The summed E-state index contributed by atoms with van der Waals surface area (Å²) < 4.78 is 10.3. The molecule has 1 amide bonds. The molecular weight excluding hydrogens is 234 g/mol. The molecule has 1 aliphatic rings. The van der Waals surface area contributed by atoms with Crippen LogP contribution in [-0.2, 0) is 25.7 Å². The van der Waals surface area contributed by atoms with Crippen molar-refractivity contribution in [2.45, 2.75) is 25.7 Å². The summed E-state index contributed by atoms with van der Waals surface area (Å²) in [4.78, 5) is 23.0. The Hall–Kier alpha value is -1.88. The van der Waals surface area contributed by atoms with Crippen LogP contribution >= 0.6 is 0 Å². The summed E-state index contributed by atoms with van der Waals surface area (Å²) in [5.74, 6) is -0.769. The van der Waals surface area contributed by atoms with Gasteiger partial charge in [-0.2, -0.15) is 0 Å². The maximum atomic E-state index is 11.8. The Morgan fingerprint density at radius 1 is 1.44 bits per heavy atom. The van der Waals surface area contributed by atoms with Crippen molar-refractivity contribution in [2.24, 2.45) is 0 Å². The number of nitrogens with one attached hydrogen (secondary N) is 1. The second-order valence-electron chi connectivity index (χ2n) is 4.15. The summed E-state index contributed by atoms with van der Waals surface area (Å²) in [6.07, 6.45) is -0.369. The van der Waals surface area contributed by atoms with Gasteiger partial charge in [0.15, 0.2) is 6.04 Å². The number of hydrogen-bond acceptors (Lipinski definition) is 4. The fraction of sp³-hybridized carbons (Fsp3) is 0.385. The van der Waals surface area contributed by atoms with Gasteiger partial charge in [-0.25, -0.2) is 4.79 Å². The molecule has 1 aliphatic heterocycles. The summed E-state index contributed by atoms with van der Waals surface area (Å²) in [5.41, 5.74) is 0.904. The van der Waals surface area contributed by atoms with Crippen LogP contribution in [0.5, 0.6) is 0 Å². The minimum Gasteiger partial charge on any atom is -0.459 e. The molecule has 18 heavy (non-hydrogen) atoms. The summed E-state index contributed by atoms with van der Waals surface area (Å²) in [7, 11) is 0. The minimum absolute atomic E-state index is 0.0103. The van der Waals surface area contributed by atoms with Crippen molar-refractivity contribution in [3.63, 3.8) is 0 Å². The van der Waals surface area contributed by atoms with Crippen LogP contribution < -0.4 is 5.32 Å². The van der Waals surface area contributed by atoms with E-state index in [4.69, 9.17) is 9.47 Å². The molecule has 1 fully saturated rings. The largest absolute Gasteiger partial charge is 0.459 e. The van der Waals surface area contributed by atoms with Gasteiger partial charge in [0.2, 0.25) is 5.91 Å². The Labute approximate surface area is 105 Å². The van der Waals surface area contributed by atoms with Crippen molar-refractivity contribution in [3.05, 3.63) is 35.9 Å². The molecule has 1 heterocycles. The van der Waals surface area contributed by atoms with E-state index in [1.807, 2.05) is 30.3 Å². The van der Waals surface area contributed by atoms with Crippen molar-refractivity contribution < 1.29 is 19.1 Å². The van der Waals surface area contributed by atoms with Crippen molar-refractivity contribution in [1.29, 1.82) is 0 Å². The average Bonchev–Trinajstić information content (AvgIpc) is 2.40. The molecule has 0 aromatic heterocycles. The van der Waals surface area contributed by atoms with Crippen LogP contribution in [0.25, 0.3) is 0 Å². The lowest BCUT2D eigenvalue weighted by molar-refractivity contribution is -0.159. The van der Waals surface area contributed by atoms with Crippen LogP contribution in [0.3, 0.4) is 0 Å². The highest BCUT2D eigenvalue weighted by atomic mass is 16.5. The van der Waals surface area contributed by atoms with Gasteiger partial charge in [0, 0.05) is 0 Å². The van der Waals surface area contributed by atoms with E-state index >= 15 is 0 Å². The van der Waals surface area contributed by atoms with Crippen LogP contribution in [0.15, 0.2) is 30.3 Å². The second kappa shape index (κ2) is 5.64. The quantitative estimate of drug-likeness (QED) is 0.798. The number of morpholine rings is 1. The summed E-state index contributed by atoms with van der Waals surface area (Å²) in [5, 5.41) is 2.56. The molecule has 1 aromatic carbocycles. The SMILES string of the molecule is C[C@H]1OCC(=O)N[C@@H]1C(=O)OCc1ccccc1. The molecule has 96 valence electrons. The number of hydrogen-bond donors (Lipinski definition) is 1. The maximum Gasteiger partial charge on any atom is 0.331 e. The number of benzene rings is 1. The van der Waals surface area contributed by atoms with Crippen molar-refractivity contribution in [3.8, 4) is 0 Å². The van der Waals surface area contributed by atoms with Gasteiger partial charge >= 0.3 is 5.97 Å². The van der Waals surface area contributed by atoms with E-state index < -0.39 is 12.0 Å². The molecule has 1 saturated heterocycles. The van der Waals surface area contributed by atoms with Crippen molar-refractivity contribution in [2.75, 3.05) is 6.61 Å². The molecule has 0 unspecified atom stereocenters. The molecule has 0 spiro atoms. The molecular formula is C13H15NO4. The predicted molar refractivity (Wildman–Crippen MR) is 63.6 cm³/mol. The fourth-order valence-electron chi connectivity index (χ4n) is 1.70. The second-order valence-corrected chi connectivity index (χ2v) is 4.15. The van der Waals surface area contributed by atoms with E-state index in [1.165, 1.54) is 0 Å².